The van der Waals surface area contributed by atoms with Gasteiger partial charge in [0.1, 0.15) is 0 Å². The molecule has 1 amide bonds. The molecular weight excluding hydrogens is 188 g/mol. The van der Waals surface area contributed by atoms with Crippen molar-refractivity contribution in [3.05, 3.63) is 21.2 Å². The van der Waals surface area contributed by atoms with E-state index in [1.54, 1.807) is 23.2 Å². The Kier molecular flexibility index (Phi) is 3.70. The molecule has 0 saturated heterocycles. The molecule has 1 N–H and O–H groups in total. The van der Waals surface area contributed by atoms with E-state index in [1.165, 1.54) is 11.3 Å². The predicted molar refractivity (Wildman–Crippen MR) is 51.9 cm³/mol. The molecule has 4 nitrogen and oxygen atoms in total. The fourth-order valence-corrected chi connectivity index (χ4v) is 1.60. The lowest BCUT2D eigenvalue weighted by molar-refractivity contribution is -0.120. The highest BCUT2D eigenvalue weighted by atomic mass is 32.1. The topological polar surface area (TPSA) is 51.1 Å². The van der Waals surface area contributed by atoms with Crippen molar-refractivity contribution in [2.75, 3.05) is 7.05 Å². The molecule has 0 aliphatic heterocycles. The molecule has 0 atom stereocenters. The van der Waals surface area contributed by atoms with Gasteiger partial charge in [-0.2, -0.15) is 0 Å². The standard InChI is InChI=1S/C8H12N2O2S/c1-9-7(11)3-2-4-10-5-6-13-8(10)12/h5-6H,2-4H2,1H3,(H,9,11). The summed E-state index contributed by atoms with van der Waals surface area (Å²) in [6.07, 6.45) is 2.92. The van der Waals surface area contributed by atoms with Gasteiger partial charge in [-0.05, 0) is 6.42 Å². The van der Waals surface area contributed by atoms with E-state index in [0.29, 0.717) is 19.4 Å². The van der Waals surface area contributed by atoms with E-state index >= 15 is 0 Å². The average Bonchev–Trinajstić information content (AvgIpc) is 2.52. The fraction of sp³-hybridized carbons (Fsp3) is 0.500. The Bertz CT molecular complexity index is 329. The average molecular weight is 200 g/mol. The highest BCUT2D eigenvalue weighted by molar-refractivity contribution is 7.07. The summed E-state index contributed by atoms with van der Waals surface area (Å²) in [6.45, 7) is 0.621. The smallest absolute Gasteiger partial charge is 0.307 e. The molecule has 0 saturated carbocycles. The van der Waals surface area contributed by atoms with E-state index in [2.05, 4.69) is 5.32 Å². The van der Waals surface area contributed by atoms with Crippen molar-refractivity contribution in [1.82, 2.24) is 9.88 Å². The van der Waals surface area contributed by atoms with Gasteiger partial charge in [-0.15, -0.1) is 0 Å². The minimum Gasteiger partial charge on any atom is -0.359 e. The maximum Gasteiger partial charge on any atom is 0.307 e. The number of rotatable bonds is 4. The zero-order valence-corrected chi connectivity index (χ0v) is 8.26. The van der Waals surface area contributed by atoms with Crippen LogP contribution in [0.5, 0.6) is 0 Å². The van der Waals surface area contributed by atoms with Crippen molar-refractivity contribution in [1.29, 1.82) is 0 Å². The van der Waals surface area contributed by atoms with Gasteiger partial charge in [0.25, 0.3) is 0 Å². The first-order chi connectivity index (χ1) is 6.24. The van der Waals surface area contributed by atoms with Crippen LogP contribution in [0.2, 0.25) is 0 Å². The number of thiazole rings is 1. The van der Waals surface area contributed by atoms with Gasteiger partial charge in [-0.25, -0.2) is 0 Å². The molecule has 1 heterocycles. The summed E-state index contributed by atoms with van der Waals surface area (Å²) in [7, 11) is 1.61. The lowest BCUT2D eigenvalue weighted by Gasteiger charge is -2.00. The van der Waals surface area contributed by atoms with Crippen LogP contribution in [0.4, 0.5) is 0 Å². The maximum atomic E-state index is 11.0. The number of amides is 1. The summed E-state index contributed by atoms with van der Waals surface area (Å²) in [4.78, 5) is 21.9. The van der Waals surface area contributed by atoms with Gasteiger partial charge in [0, 0.05) is 31.6 Å². The molecule has 5 heteroatoms. The number of carbonyl (C=O) groups excluding carboxylic acids is 1. The number of hydrogen-bond acceptors (Lipinski definition) is 3. The first-order valence-corrected chi connectivity index (χ1v) is 4.96. The Hall–Kier alpha value is -1.10. The first kappa shape index (κ1) is 9.98. The van der Waals surface area contributed by atoms with E-state index in [9.17, 15) is 9.59 Å². The zero-order chi connectivity index (χ0) is 9.68. The van der Waals surface area contributed by atoms with Crippen LogP contribution in [-0.4, -0.2) is 17.5 Å². The van der Waals surface area contributed by atoms with Gasteiger partial charge >= 0.3 is 4.87 Å². The van der Waals surface area contributed by atoms with E-state index in [1.807, 2.05) is 0 Å². The second-order valence-corrected chi connectivity index (χ2v) is 3.50. The van der Waals surface area contributed by atoms with Gasteiger partial charge in [0.2, 0.25) is 5.91 Å². The van der Waals surface area contributed by atoms with Crippen molar-refractivity contribution in [3.63, 3.8) is 0 Å². The number of carbonyl (C=O) groups is 1. The summed E-state index contributed by atoms with van der Waals surface area (Å²) < 4.78 is 1.62. The van der Waals surface area contributed by atoms with E-state index in [0.717, 1.165) is 0 Å². The molecule has 0 spiro atoms. The minimum absolute atomic E-state index is 0.0169. The third-order valence-electron chi connectivity index (χ3n) is 1.73. The van der Waals surface area contributed by atoms with Crippen LogP contribution in [-0.2, 0) is 11.3 Å². The molecule has 0 bridgehead atoms. The molecular formula is C8H12N2O2S. The van der Waals surface area contributed by atoms with Crippen LogP contribution in [0, 0.1) is 0 Å². The van der Waals surface area contributed by atoms with E-state index in [4.69, 9.17) is 0 Å². The molecule has 13 heavy (non-hydrogen) atoms. The zero-order valence-electron chi connectivity index (χ0n) is 7.45. The largest absolute Gasteiger partial charge is 0.359 e. The Morgan fingerprint density at radius 2 is 2.46 bits per heavy atom. The van der Waals surface area contributed by atoms with Crippen LogP contribution in [0.3, 0.4) is 0 Å². The van der Waals surface area contributed by atoms with Crippen LogP contribution in [0.1, 0.15) is 12.8 Å². The van der Waals surface area contributed by atoms with Crippen LogP contribution < -0.4 is 10.2 Å². The Morgan fingerprint density at radius 1 is 1.69 bits per heavy atom. The monoisotopic (exact) mass is 200 g/mol. The minimum atomic E-state index is 0.0169. The summed E-state index contributed by atoms with van der Waals surface area (Å²) in [5, 5.41) is 4.29. The quantitative estimate of drug-likeness (QED) is 0.766. The third-order valence-corrected chi connectivity index (χ3v) is 2.42. The van der Waals surface area contributed by atoms with Crippen molar-refractivity contribution in [2.45, 2.75) is 19.4 Å². The summed E-state index contributed by atoms with van der Waals surface area (Å²) in [6, 6.07) is 0. The first-order valence-electron chi connectivity index (χ1n) is 4.08. The van der Waals surface area contributed by atoms with Gasteiger partial charge < -0.3 is 9.88 Å². The molecule has 0 fully saturated rings. The van der Waals surface area contributed by atoms with Gasteiger partial charge in [-0.3, -0.25) is 9.59 Å². The molecule has 72 valence electrons. The Labute approximate surface area is 80.2 Å². The highest BCUT2D eigenvalue weighted by Crippen LogP contribution is 1.95. The van der Waals surface area contributed by atoms with Crippen molar-refractivity contribution in [2.24, 2.45) is 0 Å². The van der Waals surface area contributed by atoms with Crippen LogP contribution in [0.15, 0.2) is 16.4 Å². The summed E-state index contributed by atoms with van der Waals surface area (Å²) in [5.74, 6) is 0.0169. The highest BCUT2D eigenvalue weighted by Gasteiger charge is 1.99. The van der Waals surface area contributed by atoms with Crippen molar-refractivity contribution >= 4 is 17.2 Å². The normalized spacial score (nSPS) is 9.92. The molecule has 0 aliphatic carbocycles. The fourth-order valence-electron chi connectivity index (χ4n) is 0.991. The molecule has 0 aliphatic rings. The SMILES string of the molecule is CNC(=O)CCCn1ccsc1=O. The van der Waals surface area contributed by atoms with Crippen LogP contribution in [0.25, 0.3) is 0 Å². The van der Waals surface area contributed by atoms with Crippen molar-refractivity contribution < 1.29 is 4.79 Å². The molecule has 1 aromatic rings. The van der Waals surface area contributed by atoms with Gasteiger partial charge in [0.15, 0.2) is 0 Å². The lowest BCUT2D eigenvalue weighted by atomic mass is 10.3. The molecule has 1 aromatic heterocycles. The number of nitrogens with one attached hydrogen (secondary N) is 1. The predicted octanol–water partition coefficient (Wildman–Crippen LogP) is 0.436. The van der Waals surface area contributed by atoms with Crippen LogP contribution >= 0.6 is 11.3 Å². The summed E-state index contributed by atoms with van der Waals surface area (Å²) in [5.41, 5.74) is 0. The van der Waals surface area contributed by atoms with Crippen molar-refractivity contribution in [3.8, 4) is 0 Å². The number of nitrogens with zero attached hydrogens (tertiary/aromatic N) is 1. The second kappa shape index (κ2) is 4.81. The molecule has 1 rings (SSSR count). The Balaban J connectivity index is 2.32. The molecule has 0 radical (unpaired) electrons. The van der Waals surface area contributed by atoms with Gasteiger partial charge in [0.05, 0.1) is 0 Å². The Morgan fingerprint density at radius 3 is 3.00 bits per heavy atom. The second-order valence-electron chi connectivity index (χ2n) is 2.64. The summed E-state index contributed by atoms with van der Waals surface area (Å²) >= 11 is 1.18. The number of aryl methyl sites for hydroxylation is 1. The third kappa shape index (κ3) is 3.02. The van der Waals surface area contributed by atoms with E-state index < -0.39 is 0 Å². The van der Waals surface area contributed by atoms with E-state index in [-0.39, 0.29) is 10.8 Å². The number of hydrogen-bond donors (Lipinski definition) is 1. The number of aromatic nitrogens is 1. The maximum absolute atomic E-state index is 11.0. The molecule has 0 aromatic carbocycles. The van der Waals surface area contributed by atoms with Gasteiger partial charge in [-0.1, -0.05) is 11.3 Å². The lowest BCUT2D eigenvalue weighted by Crippen LogP contribution is -2.19. The molecule has 0 unspecified atom stereocenters.